The summed E-state index contributed by atoms with van der Waals surface area (Å²) in [6.07, 6.45) is 3.18. The van der Waals surface area contributed by atoms with Gasteiger partial charge in [0.2, 0.25) is 5.91 Å². The van der Waals surface area contributed by atoms with E-state index in [0.29, 0.717) is 19.4 Å². The molecule has 0 aliphatic carbocycles. The van der Waals surface area contributed by atoms with E-state index in [9.17, 15) is 4.79 Å². The van der Waals surface area contributed by atoms with Crippen LogP contribution in [0.5, 0.6) is 0 Å². The van der Waals surface area contributed by atoms with Crippen molar-refractivity contribution in [3.8, 4) is 0 Å². The Morgan fingerprint density at radius 2 is 2.50 bits per heavy atom. The van der Waals surface area contributed by atoms with Crippen molar-refractivity contribution >= 4 is 12.1 Å². The van der Waals surface area contributed by atoms with Crippen molar-refractivity contribution in [3.05, 3.63) is 0 Å². The van der Waals surface area contributed by atoms with Crippen LogP contribution in [-0.2, 0) is 4.79 Å². The van der Waals surface area contributed by atoms with Gasteiger partial charge in [-0.25, -0.2) is 0 Å². The Morgan fingerprint density at radius 3 is 3.08 bits per heavy atom. The van der Waals surface area contributed by atoms with Crippen molar-refractivity contribution in [1.82, 2.24) is 4.90 Å². The lowest BCUT2D eigenvalue weighted by Gasteiger charge is -2.21. The lowest BCUT2D eigenvalue weighted by molar-refractivity contribution is -0.129. The fraction of sp³-hybridized carbons (Fsp3) is 0.750. The van der Waals surface area contributed by atoms with Crippen molar-refractivity contribution < 1.29 is 9.90 Å². The highest BCUT2D eigenvalue weighted by atomic mass is 16.3. The molecule has 1 rings (SSSR count). The van der Waals surface area contributed by atoms with Crippen LogP contribution in [0.25, 0.3) is 0 Å². The van der Waals surface area contributed by atoms with Crippen LogP contribution in [0.2, 0.25) is 0 Å². The van der Waals surface area contributed by atoms with E-state index in [1.165, 1.54) is 6.21 Å². The van der Waals surface area contributed by atoms with Gasteiger partial charge in [-0.05, 0) is 19.1 Å². The predicted molar refractivity (Wildman–Crippen MR) is 45.2 cm³/mol. The van der Waals surface area contributed by atoms with Crippen LogP contribution in [0.15, 0.2) is 0 Å². The topological polar surface area (TPSA) is 64.4 Å². The van der Waals surface area contributed by atoms with Gasteiger partial charge in [0.25, 0.3) is 0 Å². The molecule has 0 spiro atoms. The van der Waals surface area contributed by atoms with Gasteiger partial charge in [0.05, 0.1) is 12.6 Å². The zero-order valence-electron chi connectivity index (χ0n) is 6.99. The number of amides is 1. The van der Waals surface area contributed by atoms with Crippen molar-refractivity contribution in [2.45, 2.75) is 25.3 Å². The third kappa shape index (κ3) is 1.82. The zero-order chi connectivity index (χ0) is 8.97. The second kappa shape index (κ2) is 4.21. The number of nitrogens with one attached hydrogen (secondary N) is 1. The summed E-state index contributed by atoms with van der Waals surface area (Å²) < 4.78 is 0. The number of carbonyl (C=O) groups excluding carboxylic acids is 1. The number of nitrogens with zero attached hydrogens (tertiary/aromatic N) is 1. The highest BCUT2D eigenvalue weighted by Crippen LogP contribution is 2.17. The summed E-state index contributed by atoms with van der Waals surface area (Å²) >= 11 is 0. The molecule has 0 radical (unpaired) electrons. The van der Waals surface area contributed by atoms with Crippen LogP contribution in [0, 0.1) is 5.41 Å². The second-order valence-electron chi connectivity index (χ2n) is 2.96. The molecule has 1 aliphatic heterocycles. The Labute approximate surface area is 71.7 Å². The molecule has 1 heterocycles. The molecule has 4 heteroatoms. The molecule has 0 unspecified atom stereocenters. The number of hydrogen-bond acceptors (Lipinski definition) is 3. The van der Waals surface area contributed by atoms with Gasteiger partial charge in [0, 0.05) is 13.0 Å². The minimum atomic E-state index is -0.00236. The minimum absolute atomic E-state index is 0.00236. The zero-order valence-corrected chi connectivity index (χ0v) is 6.99. The van der Waals surface area contributed by atoms with E-state index >= 15 is 0 Å². The molecule has 1 saturated heterocycles. The number of rotatable bonds is 4. The lowest BCUT2D eigenvalue weighted by atomic mass is 10.2. The van der Waals surface area contributed by atoms with Crippen LogP contribution in [0.1, 0.15) is 19.3 Å². The number of hydrogen-bond donors (Lipinski definition) is 2. The molecular formula is C8H14N2O2. The molecule has 0 bridgehead atoms. The number of aliphatic hydroxyl groups excluding tert-OH is 1. The molecule has 0 saturated carbocycles. The largest absolute Gasteiger partial charge is 0.394 e. The molecule has 68 valence electrons. The summed E-state index contributed by atoms with van der Waals surface area (Å²) in [7, 11) is 0. The second-order valence-corrected chi connectivity index (χ2v) is 2.96. The first-order valence-corrected chi connectivity index (χ1v) is 4.19. The van der Waals surface area contributed by atoms with Crippen molar-refractivity contribution in [2.24, 2.45) is 0 Å². The summed E-state index contributed by atoms with van der Waals surface area (Å²) in [5.74, 6) is 0.107. The van der Waals surface area contributed by atoms with Gasteiger partial charge in [-0.3, -0.25) is 4.79 Å². The quantitative estimate of drug-likeness (QED) is 0.584. The summed E-state index contributed by atoms with van der Waals surface area (Å²) in [6, 6.07) is -0.00236. The predicted octanol–water partition coefficient (Wildman–Crippen LogP) is 0.00937. The first kappa shape index (κ1) is 9.19. The van der Waals surface area contributed by atoms with Crippen molar-refractivity contribution in [3.63, 3.8) is 0 Å². The summed E-state index contributed by atoms with van der Waals surface area (Å²) in [5, 5.41) is 15.7. The monoisotopic (exact) mass is 170 g/mol. The maximum atomic E-state index is 11.2. The molecular weight excluding hydrogens is 156 g/mol. The number of aliphatic hydroxyl groups is 1. The molecule has 2 N–H and O–H groups in total. The molecule has 0 aromatic rings. The van der Waals surface area contributed by atoms with Crippen LogP contribution in [-0.4, -0.2) is 41.3 Å². The Morgan fingerprint density at radius 1 is 1.75 bits per heavy atom. The van der Waals surface area contributed by atoms with Crippen molar-refractivity contribution in [2.75, 3.05) is 13.2 Å². The fourth-order valence-electron chi connectivity index (χ4n) is 1.49. The van der Waals surface area contributed by atoms with E-state index in [-0.39, 0.29) is 18.6 Å². The standard InChI is InChI=1S/C8H14N2O2/c9-4-1-5-10-7(6-11)2-3-8(10)12/h4,7,9,11H,1-3,5-6H2/t7-/m0/s1. The summed E-state index contributed by atoms with van der Waals surface area (Å²) in [6.45, 7) is 0.622. The van der Waals surface area contributed by atoms with Crippen LogP contribution >= 0.6 is 0 Å². The van der Waals surface area contributed by atoms with E-state index in [1.54, 1.807) is 4.90 Å². The van der Waals surface area contributed by atoms with Crippen LogP contribution in [0.3, 0.4) is 0 Å². The van der Waals surface area contributed by atoms with E-state index in [2.05, 4.69) is 0 Å². The van der Waals surface area contributed by atoms with Crippen LogP contribution in [0.4, 0.5) is 0 Å². The molecule has 0 aromatic carbocycles. The minimum Gasteiger partial charge on any atom is -0.394 e. The Hall–Kier alpha value is -0.900. The summed E-state index contributed by atoms with van der Waals surface area (Å²) in [5.41, 5.74) is 0. The normalized spacial score (nSPS) is 23.2. The van der Waals surface area contributed by atoms with Crippen molar-refractivity contribution in [1.29, 1.82) is 5.41 Å². The fourth-order valence-corrected chi connectivity index (χ4v) is 1.49. The molecule has 1 aliphatic rings. The first-order valence-electron chi connectivity index (χ1n) is 4.19. The Balaban J connectivity index is 2.45. The van der Waals surface area contributed by atoms with Gasteiger partial charge in [0.15, 0.2) is 0 Å². The SMILES string of the molecule is N=CCCN1C(=O)CC[C@H]1CO. The highest BCUT2D eigenvalue weighted by Gasteiger charge is 2.29. The highest BCUT2D eigenvalue weighted by molar-refractivity contribution is 5.79. The van der Waals surface area contributed by atoms with E-state index < -0.39 is 0 Å². The first-order chi connectivity index (χ1) is 5.79. The van der Waals surface area contributed by atoms with Gasteiger partial charge in [-0.2, -0.15) is 0 Å². The average molecular weight is 170 g/mol. The van der Waals surface area contributed by atoms with E-state index in [1.807, 2.05) is 0 Å². The molecule has 0 aromatic heterocycles. The summed E-state index contributed by atoms with van der Waals surface area (Å²) in [4.78, 5) is 12.9. The smallest absolute Gasteiger partial charge is 0.222 e. The van der Waals surface area contributed by atoms with E-state index in [0.717, 1.165) is 6.42 Å². The lowest BCUT2D eigenvalue weighted by Crippen LogP contribution is -2.36. The van der Waals surface area contributed by atoms with Gasteiger partial charge in [0.1, 0.15) is 0 Å². The average Bonchev–Trinajstić information content (AvgIpc) is 2.43. The number of likely N-dealkylation sites (tertiary alicyclic amines) is 1. The van der Waals surface area contributed by atoms with Gasteiger partial charge >= 0.3 is 0 Å². The molecule has 1 fully saturated rings. The molecule has 4 nitrogen and oxygen atoms in total. The van der Waals surface area contributed by atoms with Crippen LogP contribution < -0.4 is 0 Å². The third-order valence-electron chi connectivity index (χ3n) is 2.18. The maximum absolute atomic E-state index is 11.2. The third-order valence-corrected chi connectivity index (χ3v) is 2.18. The molecule has 1 amide bonds. The van der Waals surface area contributed by atoms with Gasteiger partial charge in [-0.15, -0.1) is 0 Å². The van der Waals surface area contributed by atoms with Gasteiger partial charge in [-0.1, -0.05) is 0 Å². The van der Waals surface area contributed by atoms with Gasteiger partial charge < -0.3 is 15.4 Å². The maximum Gasteiger partial charge on any atom is 0.222 e. The number of carbonyl (C=O) groups is 1. The Kier molecular flexibility index (Phi) is 3.22. The Bertz CT molecular complexity index is 182. The molecule has 1 atom stereocenters. The molecule has 12 heavy (non-hydrogen) atoms. The van der Waals surface area contributed by atoms with E-state index in [4.69, 9.17) is 10.5 Å².